The third-order valence-corrected chi connectivity index (χ3v) is 2.83. The average molecular weight is 203 g/mol. The molecule has 1 aliphatic rings. The monoisotopic (exact) mass is 203 g/mol. The van der Waals surface area contributed by atoms with Crippen molar-refractivity contribution in [1.82, 2.24) is 0 Å². The fourth-order valence-corrected chi connectivity index (χ4v) is 2.03. The molecule has 0 aliphatic heterocycles. The van der Waals surface area contributed by atoms with E-state index >= 15 is 0 Å². The maximum Gasteiger partial charge on any atom is 0.337 e. The topological polar surface area (TPSA) is 38.7 Å². The normalized spacial score (nSPS) is 18.3. The standard InChI is InChI=1S/C12H13NO2/c1-13-11-6-4-8-7-9(12(14)15-2)3-5-10(8)11/h3,5,7,11H,1,4,6H2,2H3/t11-/m0/s1. The van der Waals surface area contributed by atoms with Gasteiger partial charge in [0, 0.05) is 0 Å². The van der Waals surface area contributed by atoms with Crippen molar-refractivity contribution in [2.75, 3.05) is 7.11 Å². The summed E-state index contributed by atoms with van der Waals surface area (Å²) >= 11 is 0. The van der Waals surface area contributed by atoms with Crippen LogP contribution in [-0.4, -0.2) is 19.8 Å². The van der Waals surface area contributed by atoms with E-state index in [-0.39, 0.29) is 12.0 Å². The van der Waals surface area contributed by atoms with Gasteiger partial charge in [-0.25, -0.2) is 4.79 Å². The van der Waals surface area contributed by atoms with Crippen LogP contribution in [0.5, 0.6) is 0 Å². The zero-order valence-electron chi connectivity index (χ0n) is 8.69. The first-order valence-electron chi connectivity index (χ1n) is 4.93. The van der Waals surface area contributed by atoms with Gasteiger partial charge in [0.25, 0.3) is 0 Å². The van der Waals surface area contributed by atoms with Gasteiger partial charge in [0.2, 0.25) is 0 Å². The molecule has 3 heteroatoms. The lowest BCUT2D eigenvalue weighted by Crippen LogP contribution is -2.02. The molecule has 0 fully saturated rings. The van der Waals surface area contributed by atoms with E-state index in [0.29, 0.717) is 5.56 Å². The third kappa shape index (κ3) is 1.65. The molecule has 0 saturated carbocycles. The van der Waals surface area contributed by atoms with E-state index in [0.717, 1.165) is 12.8 Å². The number of hydrogen-bond acceptors (Lipinski definition) is 3. The predicted molar refractivity (Wildman–Crippen MR) is 58.4 cm³/mol. The Balaban J connectivity index is 2.37. The third-order valence-electron chi connectivity index (χ3n) is 2.83. The van der Waals surface area contributed by atoms with Gasteiger partial charge < -0.3 is 4.74 Å². The van der Waals surface area contributed by atoms with Crippen molar-refractivity contribution in [3.63, 3.8) is 0 Å². The number of benzene rings is 1. The van der Waals surface area contributed by atoms with Crippen LogP contribution >= 0.6 is 0 Å². The highest BCUT2D eigenvalue weighted by atomic mass is 16.5. The Morgan fingerprint density at radius 1 is 1.60 bits per heavy atom. The van der Waals surface area contributed by atoms with Gasteiger partial charge in [-0.1, -0.05) is 6.07 Å². The van der Waals surface area contributed by atoms with Gasteiger partial charge in [-0.15, -0.1) is 0 Å². The second-order valence-corrected chi connectivity index (χ2v) is 3.64. The molecule has 2 rings (SSSR count). The van der Waals surface area contributed by atoms with Crippen LogP contribution < -0.4 is 0 Å². The van der Waals surface area contributed by atoms with Crippen molar-refractivity contribution in [2.24, 2.45) is 4.99 Å². The first kappa shape index (κ1) is 9.90. The number of rotatable bonds is 2. The number of carbonyl (C=O) groups excluding carboxylic acids is 1. The summed E-state index contributed by atoms with van der Waals surface area (Å²) in [5, 5.41) is 0. The number of methoxy groups -OCH3 is 1. The summed E-state index contributed by atoms with van der Waals surface area (Å²) < 4.78 is 4.67. The van der Waals surface area contributed by atoms with Crippen LogP contribution in [0.2, 0.25) is 0 Å². The molecule has 0 radical (unpaired) electrons. The Kier molecular flexibility index (Phi) is 2.54. The van der Waals surface area contributed by atoms with Crippen LogP contribution in [0.3, 0.4) is 0 Å². The second-order valence-electron chi connectivity index (χ2n) is 3.64. The van der Waals surface area contributed by atoms with E-state index in [4.69, 9.17) is 0 Å². The predicted octanol–water partition coefficient (Wildman–Crippen LogP) is 2.16. The van der Waals surface area contributed by atoms with Crippen molar-refractivity contribution in [3.8, 4) is 0 Å². The van der Waals surface area contributed by atoms with Gasteiger partial charge in [-0.3, -0.25) is 4.99 Å². The van der Waals surface area contributed by atoms with Crippen LogP contribution in [0.4, 0.5) is 0 Å². The van der Waals surface area contributed by atoms with Crippen molar-refractivity contribution in [3.05, 3.63) is 34.9 Å². The highest BCUT2D eigenvalue weighted by Gasteiger charge is 2.22. The number of aryl methyl sites for hydroxylation is 1. The first-order chi connectivity index (χ1) is 7.26. The molecule has 0 N–H and O–H groups in total. The Morgan fingerprint density at radius 2 is 2.40 bits per heavy atom. The van der Waals surface area contributed by atoms with Crippen LogP contribution in [0.25, 0.3) is 0 Å². The summed E-state index contributed by atoms with van der Waals surface area (Å²) in [5.41, 5.74) is 2.99. The summed E-state index contributed by atoms with van der Waals surface area (Å²) in [5.74, 6) is -0.284. The number of fused-ring (bicyclic) bond motifs is 1. The fourth-order valence-electron chi connectivity index (χ4n) is 2.03. The molecule has 1 aromatic rings. The smallest absolute Gasteiger partial charge is 0.337 e. The lowest BCUT2D eigenvalue weighted by molar-refractivity contribution is 0.0600. The molecule has 3 nitrogen and oxygen atoms in total. The Morgan fingerprint density at radius 3 is 3.07 bits per heavy atom. The molecule has 1 atom stereocenters. The SMILES string of the molecule is C=N[C@H]1CCc2cc(C(=O)OC)ccc21. The van der Waals surface area contributed by atoms with Gasteiger partial charge in [0.1, 0.15) is 0 Å². The molecule has 1 aliphatic carbocycles. The molecular weight excluding hydrogens is 190 g/mol. The molecule has 15 heavy (non-hydrogen) atoms. The van der Waals surface area contributed by atoms with Crippen molar-refractivity contribution < 1.29 is 9.53 Å². The van der Waals surface area contributed by atoms with E-state index < -0.39 is 0 Å². The summed E-state index contributed by atoms with van der Waals surface area (Å²) in [6.45, 7) is 3.57. The minimum absolute atomic E-state index is 0.201. The van der Waals surface area contributed by atoms with E-state index in [1.807, 2.05) is 12.1 Å². The van der Waals surface area contributed by atoms with Crippen LogP contribution in [0.1, 0.15) is 33.9 Å². The minimum atomic E-state index is -0.284. The quantitative estimate of drug-likeness (QED) is 0.545. The van der Waals surface area contributed by atoms with Gasteiger partial charge in [0.05, 0.1) is 18.7 Å². The van der Waals surface area contributed by atoms with E-state index in [2.05, 4.69) is 16.4 Å². The molecule has 0 unspecified atom stereocenters. The number of nitrogens with zero attached hydrogens (tertiary/aromatic N) is 1. The van der Waals surface area contributed by atoms with Crippen LogP contribution in [-0.2, 0) is 11.2 Å². The number of ether oxygens (including phenoxy) is 1. The number of esters is 1. The molecular formula is C12H13NO2. The average Bonchev–Trinajstić information content (AvgIpc) is 2.69. The van der Waals surface area contributed by atoms with E-state index in [9.17, 15) is 4.79 Å². The highest BCUT2D eigenvalue weighted by Crippen LogP contribution is 2.34. The van der Waals surface area contributed by atoms with Crippen molar-refractivity contribution >= 4 is 12.7 Å². The summed E-state index contributed by atoms with van der Waals surface area (Å²) in [7, 11) is 1.39. The van der Waals surface area contributed by atoms with Gasteiger partial charge >= 0.3 is 5.97 Å². The van der Waals surface area contributed by atoms with Crippen molar-refractivity contribution in [2.45, 2.75) is 18.9 Å². The lowest BCUT2D eigenvalue weighted by atomic mass is 10.1. The maximum absolute atomic E-state index is 11.3. The Bertz CT molecular complexity index is 412. The largest absolute Gasteiger partial charge is 0.465 e. The summed E-state index contributed by atoms with van der Waals surface area (Å²) in [6.07, 6.45) is 1.95. The minimum Gasteiger partial charge on any atom is -0.465 e. The van der Waals surface area contributed by atoms with Crippen molar-refractivity contribution in [1.29, 1.82) is 0 Å². The zero-order chi connectivity index (χ0) is 10.8. The molecule has 1 aromatic carbocycles. The number of carbonyl (C=O) groups is 1. The summed E-state index contributed by atoms with van der Waals surface area (Å²) in [4.78, 5) is 15.4. The van der Waals surface area contributed by atoms with Gasteiger partial charge in [0.15, 0.2) is 0 Å². The second kappa shape index (κ2) is 3.85. The molecule has 78 valence electrons. The molecule has 0 heterocycles. The first-order valence-corrected chi connectivity index (χ1v) is 4.93. The fraction of sp³-hybridized carbons (Fsp3) is 0.333. The maximum atomic E-state index is 11.3. The Labute approximate surface area is 88.8 Å². The Hall–Kier alpha value is -1.64. The molecule has 0 bridgehead atoms. The lowest BCUT2D eigenvalue weighted by Gasteiger charge is -2.06. The number of hydrogen-bond donors (Lipinski definition) is 0. The van der Waals surface area contributed by atoms with Crippen LogP contribution in [0.15, 0.2) is 23.2 Å². The molecule has 0 spiro atoms. The summed E-state index contributed by atoms with van der Waals surface area (Å²) in [6, 6.07) is 5.83. The van der Waals surface area contributed by atoms with Gasteiger partial charge in [-0.2, -0.15) is 0 Å². The van der Waals surface area contributed by atoms with Gasteiger partial charge in [-0.05, 0) is 42.8 Å². The molecule has 0 saturated heterocycles. The zero-order valence-corrected chi connectivity index (χ0v) is 8.69. The molecule has 0 aromatic heterocycles. The van der Waals surface area contributed by atoms with E-state index in [1.54, 1.807) is 6.07 Å². The highest BCUT2D eigenvalue weighted by molar-refractivity contribution is 5.89. The van der Waals surface area contributed by atoms with E-state index in [1.165, 1.54) is 18.2 Å². The van der Waals surface area contributed by atoms with Crippen LogP contribution in [0, 0.1) is 0 Å². The number of aliphatic imine (C=N–C) groups is 1. The molecule has 0 amide bonds.